The Labute approximate surface area is 111 Å². The van der Waals surface area contributed by atoms with Crippen LogP contribution in [0.2, 0.25) is 0 Å². The summed E-state index contributed by atoms with van der Waals surface area (Å²) in [6, 6.07) is 0. The molecule has 0 N–H and O–H groups in total. The van der Waals surface area contributed by atoms with Crippen molar-refractivity contribution in [2.75, 3.05) is 0 Å². The van der Waals surface area contributed by atoms with Crippen LogP contribution in [-0.2, 0) is 28.8 Å². The summed E-state index contributed by atoms with van der Waals surface area (Å²) in [5, 5.41) is 10.1. The molecule has 0 radical (unpaired) electrons. The largest absolute Gasteiger partial charge is 3.00 e. The van der Waals surface area contributed by atoms with E-state index in [1.165, 1.54) is 44.9 Å². The normalized spacial score (nSPS) is 9.06. The summed E-state index contributed by atoms with van der Waals surface area (Å²) in [4.78, 5) is 10.1. The van der Waals surface area contributed by atoms with E-state index in [0.717, 1.165) is 12.8 Å². The Hall–Kier alpha value is 0.0144. The molecule has 0 atom stereocenters. The van der Waals surface area contributed by atoms with Crippen LogP contribution in [0.25, 0.3) is 0 Å². The van der Waals surface area contributed by atoms with Gasteiger partial charge in [-0.1, -0.05) is 58.3 Å². The van der Waals surface area contributed by atoms with Gasteiger partial charge in [0.2, 0.25) is 0 Å². The van der Waals surface area contributed by atoms with Gasteiger partial charge in [-0.2, -0.15) is 0 Å². The molecule has 0 fully saturated rings. The molecule has 4 heteroatoms. The first-order valence-electron chi connectivity index (χ1n) is 5.97. The minimum absolute atomic E-state index is 0. The van der Waals surface area contributed by atoms with E-state index in [1.54, 1.807) is 0 Å². The van der Waals surface area contributed by atoms with E-state index in [-0.39, 0.29) is 30.5 Å². The number of aliphatic carboxylic acids is 1. The van der Waals surface area contributed by atoms with Gasteiger partial charge in [0.05, 0.1) is 0 Å². The summed E-state index contributed by atoms with van der Waals surface area (Å²) in [5.41, 5.74) is 0. The number of rotatable bonds is 10. The molecule has 0 aliphatic rings. The van der Waals surface area contributed by atoms with E-state index < -0.39 is 5.97 Å². The zero-order valence-electron chi connectivity index (χ0n) is 10.2. The Kier molecular flexibility index (Phi) is 23.2. The van der Waals surface area contributed by atoms with Crippen molar-refractivity contribution in [2.45, 2.75) is 71.1 Å². The van der Waals surface area contributed by atoms with Gasteiger partial charge in [-0.3, -0.25) is 0 Å². The molecule has 0 heterocycles. The quantitative estimate of drug-likeness (QED) is 0.570. The fourth-order valence-corrected chi connectivity index (χ4v) is 1.58. The molecule has 94 valence electrons. The fraction of sp³-hybridized carbons (Fsp3) is 0.917. The standard InChI is InChI=1S/C12H24O2.O.V/c1-2-3-4-5-6-7-8-9-10-11-12(13)14;;/h2-11H2,1H3,(H,13,14);;/q;-2;+3/p-1. The van der Waals surface area contributed by atoms with Crippen molar-refractivity contribution in [3.05, 3.63) is 0 Å². The number of carbonyl (C=O) groups is 1. The van der Waals surface area contributed by atoms with Crippen molar-refractivity contribution in [3.63, 3.8) is 0 Å². The minimum Gasteiger partial charge on any atom is -2.00 e. The molecule has 0 saturated heterocycles. The molecule has 0 aliphatic carbocycles. The average molecular weight is 266 g/mol. The molecule has 3 nitrogen and oxygen atoms in total. The van der Waals surface area contributed by atoms with Gasteiger partial charge in [0.25, 0.3) is 0 Å². The number of carboxylic acids is 1. The minimum atomic E-state index is -0.909. The molecule has 0 bridgehead atoms. The van der Waals surface area contributed by atoms with Gasteiger partial charge >= 0.3 is 18.6 Å². The van der Waals surface area contributed by atoms with Gasteiger partial charge in [0.1, 0.15) is 0 Å². The van der Waals surface area contributed by atoms with E-state index in [9.17, 15) is 9.90 Å². The summed E-state index contributed by atoms with van der Waals surface area (Å²) in [6.45, 7) is 2.22. The first-order valence-corrected chi connectivity index (χ1v) is 5.97. The molecule has 0 aromatic heterocycles. The summed E-state index contributed by atoms with van der Waals surface area (Å²) in [5.74, 6) is -0.909. The molecule has 0 rings (SSSR count). The van der Waals surface area contributed by atoms with Crippen molar-refractivity contribution in [1.82, 2.24) is 0 Å². The first-order chi connectivity index (χ1) is 6.77. The molecule has 0 amide bonds. The smallest absolute Gasteiger partial charge is 2.00 e. The second-order valence-electron chi connectivity index (χ2n) is 3.95. The van der Waals surface area contributed by atoms with Gasteiger partial charge < -0.3 is 15.4 Å². The Balaban J connectivity index is -0.000000845. The fourth-order valence-electron chi connectivity index (χ4n) is 1.58. The van der Waals surface area contributed by atoms with Gasteiger partial charge in [0, 0.05) is 5.97 Å². The third-order valence-corrected chi connectivity index (χ3v) is 2.48. The third kappa shape index (κ3) is 19.6. The molecule has 0 spiro atoms. The summed E-state index contributed by atoms with van der Waals surface area (Å²) in [6.07, 6.45) is 11.2. The van der Waals surface area contributed by atoms with Crippen molar-refractivity contribution < 1.29 is 33.9 Å². The number of carboxylic acid groups (broad SMARTS) is 1. The summed E-state index contributed by atoms with van der Waals surface area (Å²) >= 11 is 0. The molecule has 0 aromatic rings. The molecule has 0 aliphatic heterocycles. The number of hydrogen-bond acceptors (Lipinski definition) is 2. The SMILES string of the molecule is CCCCCCCCCCCC(=O)[O-].[O-2].[V+3]. The molecule has 0 unspecified atom stereocenters. The topological polar surface area (TPSA) is 68.6 Å². The second-order valence-corrected chi connectivity index (χ2v) is 3.95. The third-order valence-electron chi connectivity index (χ3n) is 2.48. The van der Waals surface area contributed by atoms with Crippen LogP contribution in [0, 0.1) is 0 Å². The maximum Gasteiger partial charge on any atom is 3.00 e. The van der Waals surface area contributed by atoms with E-state index >= 15 is 0 Å². The van der Waals surface area contributed by atoms with Gasteiger partial charge in [0.15, 0.2) is 0 Å². The molecule has 0 aromatic carbocycles. The van der Waals surface area contributed by atoms with Gasteiger partial charge in [-0.25, -0.2) is 0 Å². The zero-order chi connectivity index (χ0) is 10.6. The van der Waals surface area contributed by atoms with Gasteiger partial charge in [-0.15, -0.1) is 0 Å². The van der Waals surface area contributed by atoms with Crippen LogP contribution < -0.4 is 5.11 Å². The predicted octanol–water partition coefficient (Wildman–Crippen LogP) is 2.54. The van der Waals surface area contributed by atoms with Crippen molar-refractivity contribution in [2.24, 2.45) is 0 Å². The van der Waals surface area contributed by atoms with Crippen LogP contribution in [0.4, 0.5) is 0 Å². The van der Waals surface area contributed by atoms with Gasteiger partial charge in [-0.05, 0) is 12.8 Å². The monoisotopic (exact) mass is 266 g/mol. The molecular weight excluding hydrogens is 243 g/mol. The van der Waals surface area contributed by atoms with Crippen LogP contribution in [0.15, 0.2) is 0 Å². The Morgan fingerprint density at radius 2 is 1.25 bits per heavy atom. The van der Waals surface area contributed by atoms with E-state index in [2.05, 4.69) is 6.92 Å². The van der Waals surface area contributed by atoms with Crippen molar-refractivity contribution in [1.29, 1.82) is 0 Å². The van der Waals surface area contributed by atoms with Crippen LogP contribution >= 0.6 is 0 Å². The van der Waals surface area contributed by atoms with Crippen molar-refractivity contribution >= 4 is 5.97 Å². The Bertz CT molecular complexity index is 140. The van der Waals surface area contributed by atoms with E-state index in [0.29, 0.717) is 0 Å². The predicted molar refractivity (Wildman–Crippen MR) is 57.5 cm³/mol. The van der Waals surface area contributed by atoms with E-state index in [4.69, 9.17) is 0 Å². The summed E-state index contributed by atoms with van der Waals surface area (Å²) in [7, 11) is 0. The Morgan fingerprint density at radius 1 is 0.875 bits per heavy atom. The van der Waals surface area contributed by atoms with Crippen LogP contribution in [0.5, 0.6) is 0 Å². The summed E-state index contributed by atoms with van der Waals surface area (Å²) < 4.78 is 0. The average Bonchev–Trinajstić information content (AvgIpc) is 2.15. The van der Waals surface area contributed by atoms with Crippen LogP contribution in [-0.4, -0.2) is 5.97 Å². The first kappa shape index (κ1) is 21.3. The number of carbonyl (C=O) groups excluding carboxylic acids is 1. The van der Waals surface area contributed by atoms with Crippen LogP contribution in [0.1, 0.15) is 71.1 Å². The molecule has 16 heavy (non-hydrogen) atoms. The molecular formula is C12H23O3V. The number of hydrogen-bond donors (Lipinski definition) is 0. The molecule has 0 saturated carbocycles. The zero-order valence-corrected chi connectivity index (χ0v) is 11.6. The second kappa shape index (κ2) is 17.4. The number of unbranched alkanes of at least 4 members (excludes halogenated alkanes) is 8. The van der Waals surface area contributed by atoms with Crippen LogP contribution in [0.3, 0.4) is 0 Å². The maximum absolute atomic E-state index is 10.1. The van der Waals surface area contributed by atoms with Crippen molar-refractivity contribution in [3.8, 4) is 0 Å². The Morgan fingerprint density at radius 3 is 1.62 bits per heavy atom. The van der Waals surface area contributed by atoms with E-state index in [1.807, 2.05) is 0 Å². The maximum atomic E-state index is 10.1.